The molecule has 0 saturated heterocycles. The molecule has 0 spiro atoms. The number of carbonyl (C=O) groups is 8. The first-order valence-electron chi connectivity index (χ1n) is 45.8. The van der Waals surface area contributed by atoms with Crippen molar-refractivity contribution in [1.29, 1.82) is 0 Å². The molecule has 736 valence electrons. The average Bonchev–Trinajstić information content (AvgIpc) is 1.72. The van der Waals surface area contributed by atoms with E-state index in [-0.39, 0.29) is 93.5 Å². The van der Waals surface area contributed by atoms with Crippen LogP contribution in [0.25, 0.3) is 0 Å². The maximum Gasteiger partial charge on any atom is 0.159 e. The maximum absolute atomic E-state index is 12.0. The van der Waals surface area contributed by atoms with E-state index in [2.05, 4.69) is 82.5 Å². The average molecular weight is 1850 g/mol. The van der Waals surface area contributed by atoms with Crippen LogP contribution in [0.15, 0.2) is 49.6 Å². The molecular formula is C92H152N24O16. The highest BCUT2D eigenvalue weighted by Crippen LogP contribution is 2.25. The fourth-order valence-electron chi connectivity index (χ4n) is 11.3. The highest BCUT2D eigenvalue weighted by Gasteiger charge is 2.28. The molecule has 0 aliphatic rings. The predicted molar refractivity (Wildman–Crippen MR) is 489 cm³/mol. The highest BCUT2D eigenvalue weighted by atomic mass is 16.5. The minimum Gasteiger partial charge on any atom is -0.373 e. The van der Waals surface area contributed by atoms with Crippen LogP contribution in [-0.4, -0.2) is 219 Å². The maximum atomic E-state index is 12.0. The summed E-state index contributed by atoms with van der Waals surface area (Å²) in [4.78, 5) is 95.9. The van der Waals surface area contributed by atoms with Crippen LogP contribution in [0, 0.1) is 43.3 Å². The molecule has 0 saturated carbocycles. The second-order valence-corrected chi connectivity index (χ2v) is 41.1. The van der Waals surface area contributed by atoms with Gasteiger partial charge in [-0.15, -0.1) is 40.8 Å². The number of nitrogens with zero attached hydrogens (tertiary/aromatic N) is 24. The van der Waals surface area contributed by atoms with E-state index < -0.39 is 10.8 Å². The fourth-order valence-corrected chi connectivity index (χ4v) is 11.3. The second kappa shape index (κ2) is 55.1. The summed E-state index contributed by atoms with van der Waals surface area (Å²) in [5.74, 6) is 1.67. The van der Waals surface area contributed by atoms with E-state index in [1.807, 2.05) is 191 Å². The Bertz CT molecular complexity index is 4440. The van der Waals surface area contributed by atoms with Crippen molar-refractivity contribution < 1.29 is 76.3 Å². The molecule has 0 N–H and O–H groups in total. The number of ketones is 8. The van der Waals surface area contributed by atoms with E-state index in [0.717, 1.165) is 74.4 Å². The van der Waals surface area contributed by atoms with Crippen molar-refractivity contribution in [2.75, 3.05) is 52.9 Å². The van der Waals surface area contributed by atoms with Gasteiger partial charge in [0.1, 0.15) is 93.3 Å². The molecular weight excluding hydrogens is 1700 g/mol. The zero-order valence-electron chi connectivity index (χ0n) is 83.3. The normalized spacial score (nSPS) is 12.3. The summed E-state index contributed by atoms with van der Waals surface area (Å²) in [6.45, 7) is 56.3. The number of carbonyl (C=O) groups excluding carboxylic acids is 8. The van der Waals surface area contributed by atoms with E-state index in [9.17, 15) is 38.4 Å². The Balaban J connectivity index is 0.000000312. The lowest BCUT2D eigenvalue weighted by atomic mass is 9.88. The smallest absolute Gasteiger partial charge is 0.159 e. The van der Waals surface area contributed by atoms with Crippen LogP contribution >= 0.6 is 0 Å². The van der Waals surface area contributed by atoms with Crippen LogP contribution in [-0.2, 0) is 181 Å². The van der Waals surface area contributed by atoms with Crippen molar-refractivity contribution in [3.8, 4) is 0 Å². The molecule has 40 heteroatoms. The molecule has 132 heavy (non-hydrogen) atoms. The topological polar surface area (TPSA) is 456 Å². The Labute approximate surface area is 778 Å². The molecule has 0 amide bonds. The van der Waals surface area contributed by atoms with Gasteiger partial charge in [-0.2, -0.15) is 0 Å². The van der Waals surface area contributed by atoms with Crippen LogP contribution in [0.2, 0.25) is 0 Å². The molecule has 0 unspecified atom stereocenters. The molecule has 8 aromatic heterocycles. The van der Waals surface area contributed by atoms with Crippen LogP contribution < -0.4 is 0 Å². The summed E-state index contributed by atoms with van der Waals surface area (Å²) < 4.78 is 58.1. The van der Waals surface area contributed by atoms with E-state index in [1.165, 1.54) is 9.36 Å². The Morgan fingerprint density at radius 3 is 0.538 bits per heavy atom. The molecule has 8 heterocycles. The Hall–Kier alpha value is -9.84. The molecule has 8 rings (SSSR count). The van der Waals surface area contributed by atoms with Gasteiger partial charge in [0.15, 0.2) is 11.6 Å². The number of rotatable bonds is 56. The van der Waals surface area contributed by atoms with Crippen LogP contribution in [0.5, 0.6) is 0 Å². The number of Topliss-reactive ketones (excluding diaryl/α,β-unsaturated/α-hetero) is 8. The predicted octanol–water partition coefficient (Wildman–Crippen LogP) is 12.0. The summed E-state index contributed by atoms with van der Waals surface area (Å²) in [7, 11) is 0. The first-order valence-corrected chi connectivity index (χ1v) is 45.8. The summed E-state index contributed by atoms with van der Waals surface area (Å²) in [5, 5.41) is 65.0. The number of aromatic nitrogens is 24. The van der Waals surface area contributed by atoms with Crippen molar-refractivity contribution in [1.82, 2.24) is 120 Å². The first-order chi connectivity index (χ1) is 61.8. The standard InChI is InChI=1S/C26H44N6O4.C24H40N6O4.C22H36N6O4.C20H32N6O4/c1-25(2,3)23(33)11-7-9-13-31-17-21(27-29-31)19-35-15-16-36-20-22-18-32(30-28-22)14-10-8-12-24(34)26(4,5)6;1-23(2,3)21(31)9-7-11-29-15-19(25-27-29)17-33-13-14-34-18-20-16-30(28-26-20)12-8-10-22(32)24(4,5)6;1-21(2,3)19(29)7-9-27-13-17(23-25-27)15-31-11-12-32-16-18-14-28(26-24-18)10-8-20(30)22(4,5)6;1-19(2,3)17(27)11-25-9-15(21-23-25)13-29-7-8-30-14-16-10-26(24-22-16)12-18(28)20(4,5)6/h17-18H,7-16,19-20H2,1-6H3;15-16H,7-14,17-18H2,1-6H3;13-14H,7-12,15-16H2,1-6H3;9-10H,7-8,11-14H2,1-6H3. The molecule has 0 fully saturated rings. The van der Waals surface area contributed by atoms with Crippen LogP contribution in [0.3, 0.4) is 0 Å². The van der Waals surface area contributed by atoms with E-state index in [4.69, 9.17) is 37.9 Å². The number of unbranched alkanes of at least 4 members (excludes halogenated alkanes) is 2. The van der Waals surface area contributed by atoms with Crippen molar-refractivity contribution >= 4 is 46.3 Å². The van der Waals surface area contributed by atoms with Gasteiger partial charge in [-0.05, 0) is 38.5 Å². The second-order valence-electron chi connectivity index (χ2n) is 41.1. The van der Waals surface area contributed by atoms with Gasteiger partial charge >= 0.3 is 0 Å². The van der Waals surface area contributed by atoms with Gasteiger partial charge in [-0.25, -0.2) is 9.36 Å². The third-order valence-electron chi connectivity index (χ3n) is 20.3. The van der Waals surface area contributed by atoms with Gasteiger partial charge in [0.05, 0.1) is 155 Å². The van der Waals surface area contributed by atoms with Gasteiger partial charge in [0.25, 0.3) is 0 Å². The summed E-state index contributed by atoms with van der Waals surface area (Å²) >= 11 is 0. The quantitative estimate of drug-likeness (QED) is 0.0319. The Morgan fingerprint density at radius 2 is 0.348 bits per heavy atom. The Morgan fingerprint density at radius 1 is 0.197 bits per heavy atom. The Kier molecular flexibility index (Phi) is 47.0. The minimum atomic E-state index is -0.409. The fraction of sp³-hybridized carbons (Fsp3) is 0.739. The van der Waals surface area contributed by atoms with Gasteiger partial charge in [-0.3, -0.25) is 66.4 Å². The minimum absolute atomic E-state index is 0.0907. The van der Waals surface area contributed by atoms with Gasteiger partial charge in [0.2, 0.25) is 0 Å². The van der Waals surface area contributed by atoms with Crippen molar-refractivity contribution in [2.24, 2.45) is 43.3 Å². The molecule has 0 aromatic carbocycles. The summed E-state index contributed by atoms with van der Waals surface area (Å²) in [6.07, 6.45) is 22.6. The number of aryl methyl sites for hydroxylation is 6. The molecule has 40 nitrogen and oxygen atoms in total. The van der Waals surface area contributed by atoms with Gasteiger partial charge < -0.3 is 37.9 Å². The van der Waals surface area contributed by atoms with Crippen LogP contribution in [0.4, 0.5) is 0 Å². The summed E-state index contributed by atoms with van der Waals surface area (Å²) in [6, 6.07) is 0. The van der Waals surface area contributed by atoms with E-state index in [0.29, 0.717) is 192 Å². The lowest BCUT2D eigenvalue weighted by Gasteiger charge is -2.16. The van der Waals surface area contributed by atoms with Gasteiger partial charge in [0, 0.05) is 121 Å². The third-order valence-corrected chi connectivity index (χ3v) is 20.3. The van der Waals surface area contributed by atoms with Crippen molar-refractivity contribution in [2.45, 2.75) is 348 Å². The zero-order valence-corrected chi connectivity index (χ0v) is 83.3. The van der Waals surface area contributed by atoms with E-state index >= 15 is 0 Å². The molecule has 0 aliphatic heterocycles. The largest absolute Gasteiger partial charge is 0.373 e. The van der Waals surface area contributed by atoms with Crippen molar-refractivity contribution in [3.05, 3.63) is 95.1 Å². The highest BCUT2D eigenvalue weighted by molar-refractivity contribution is 5.86. The third kappa shape index (κ3) is 47.2. The van der Waals surface area contributed by atoms with Gasteiger partial charge in [-0.1, -0.05) is 208 Å². The molecule has 0 radical (unpaired) electrons. The number of ether oxygens (including phenoxy) is 8. The number of hydrogen-bond donors (Lipinski definition) is 0. The molecule has 0 bridgehead atoms. The van der Waals surface area contributed by atoms with Crippen molar-refractivity contribution in [3.63, 3.8) is 0 Å². The molecule has 0 aliphatic carbocycles. The first kappa shape index (κ1) is 113. The molecule has 8 aromatic rings. The lowest BCUT2D eigenvalue weighted by Crippen LogP contribution is -2.25. The van der Waals surface area contributed by atoms with Crippen LogP contribution in [0.1, 0.15) is 289 Å². The lowest BCUT2D eigenvalue weighted by molar-refractivity contribution is -0.127. The number of hydrogen-bond acceptors (Lipinski definition) is 32. The monoisotopic (exact) mass is 1850 g/mol. The SMILES string of the molecule is CC(C)(C)C(=O)CCCCn1cc(COCCOCc2cn(CCCCC(=O)C(C)(C)C)nn2)nn1.CC(C)(C)C(=O)CCCn1cc(COCCOCc2cn(CCCC(=O)C(C)(C)C)nn2)nn1.CC(C)(C)C(=O)CCn1cc(COCCOCc2cn(CCC(=O)C(C)(C)C)nn2)nn1.CC(C)(C)C(=O)Cn1cc(COCCOCc2cn(CC(=O)C(C)(C)C)nn2)nn1. The zero-order chi connectivity index (χ0) is 97.9. The molecule has 0 atom stereocenters. The van der Waals surface area contributed by atoms with E-state index in [1.54, 1.807) is 52.9 Å². The summed E-state index contributed by atoms with van der Waals surface area (Å²) in [5.41, 5.74) is 3.13.